The molecule has 0 radical (unpaired) electrons. The van der Waals surface area contributed by atoms with Gasteiger partial charge in [0.1, 0.15) is 0 Å². The molecule has 0 aliphatic heterocycles. The van der Waals surface area contributed by atoms with Crippen molar-refractivity contribution in [2.75, 3.05) is 6.54 Å². The third kappa shape index (κ3) is 7.39. The Kier molecular flexibility index (Phi) is 5.90. The van der Waals surface area contributed by atoms with Crippen LogP contribution in [0.25, 0.3) is 0 Å². The van der Waals surface area contributed by atoms with Crippen molar-refractivity contribution in [1.29, 1.82) is 0 Å². The van der Waals surface area contributed by atoms with Gasteiger partial charge in [0.25, 0.3) is 0 Å². The first-order valence-corrected chi connectivity index (χ1v) is 6.00. The second-order valence-corrected chi connectivity index (χ2v) is 6.03. The summed E-state index contributed by atoms with van der Waals surface area (Å²) in [7, 11) is 0. The molecule has 0 amide bonds. The fraction of sp³-hybridized carbons (Fsp3) is 0.857. The Morgan fingerprint density at radius 1 is 1.20 bits per heavy atom. The van der Waals surface area contributed by atoms with Gasteiger partial charge in [0, 0.05) is 0 Å². The van der Waals surface area contributed by atoms with Crippen LogP contribution < -0.4 is 0 Å². The lowest BCUT2D eigenvalue weighted by atomic mass is 9.84. The van der Waals surface area contributed by atoms with Gasteiger partial charge in [0.2, 0.25) is 0 Å². The lowest BCUT2D eigenvalue weighted by Crippen LogP contribution is -2.18. The number of hydrogen-bond acceptors (Lipinski definition) is 1. The Morgan fingerprint density at radius 2 is 1.73 bits per heavy atom. The second kappa shape index (κ2) is 6.12. The van der Waals surface area contributed by atoms with Gasteiger partial charge in [-0.2, -0.15) is 0 Å². The molecule has 0 rings (SSSR count). The summed E-state index contributed by atoms with van der Waals surface area (Å²) in [6.07, 6.45) is 1.22. The third-order valence-electron chi connectivity index (χ3n) is 2.59. The lowest BCUT2D eigenvalue weighted by molar-refractivity contribution is 0.299. The van der Waals surface area contributed by atoms with Gasteiger partial charge in [-0.3, -0.25) is 0 Å². The van der Waals surface area contributed by atoms with Crippen molar-refractivity contribution < 1.29 is 0 Å². The highest BCUT2D eigenvalue weighted by molar-refractivity contribution is 5.57. The molecule has 0 unspecified atom stereocenters. The fourth-order valence-corrected chi connectivity index (χ4v) is 1.68. The molecule has 0 N–H and O–H groups in total. The molecule has 0 aromatic carbocycles. The van der Waals surface area contributed by atoms with Crippen LogP contribution in [0.4, 0.5) is 0 Å². The Bertz CT molecular complexity index is 240. The summed E-state index contributed by atoms with van der Waals surface area (Å²) < 4.78 is 0. The first-order valence-electron chi connectivity index (χ1n) is 6.00. The van der Waals surface area contributed by atoms with Crippen molar-refractivity contribution in [3.8, 4) is 0 Å². The summed E-state index contributed by atoms with van der Waals surface area (Å²) in [6.45, 7) is 16.4. The number of aliphatic imine (C=N–C) groups is 1. The maximum atomic E-state index is 4.43. The van der Waals surface area contributed by atoms with Gasteiger partial charge < -0.3 is 0 Å². The molecule has 0 saturated heterocycles. The van der Waals surface area contributed by atoms with Crippen LogP contribution >= 0.6 is 0 Å². The quantitative estimate of drug-likeness (QED) is 0.598. The van der Waals surface area contributed by atoms with Crippen LogP contribution in [0.2, 0.25) is 0 Å². The summed E-state index contributed by atoms with van der Waals surface area (Å²) in [5, 5.41) is 0. The highest BCUT2D eigenvalue weighted by atomic mass is 14.7. The summed E-state index contributed by atoms with van der Waals surface area (Å²) in [5.74, 6) is 4.45. The van der Waals surface area contributed by atoms with Crippen LogP contribution in [-0.2, 0) is 0 Å². The SMILES string of the molecule is CC(=C=NCC(C)(C)CC(C)C)C(C)C. The molecular formula is C14H27N. The molecule has 1 nitrogen and oxygen atoms in total. The molecule has 0 fully saturated rings. The van der Waals surface area contributed by atoms with Gasteiger partial charge in [-0.25, -0.2) is 4.99 Å². The standard InChI is InChI=1S/C14H27N/c1-11(2)8-14(6,7)10-15-9-13(5)12(3)4/h11-12H,8,10H2,1-7H3. The van der Waals surface area contributed by atoms with E-state index in [-0.39, 0.29) is 0 Å². The maximum absolute atomic E-state index is 4.43. The van der Waals surface area contributed by atoms with E-state index >= 15 is 0 Å². The van der Waals surface area contributed by atoms with E-state index in [0.717, 1.165) is 12.5 Å². The van der Waals surface area contributed by atoms with Crippen molar-refractivity contribution in [3.63, 3.8) is 0 Å². The van der Waals surface area contributed by atoms with E-state index in [4.69, 9.17) is 0 Å². The van der Waals surface area contributed by atoms with Gasteiger partial charge in [-0.15, -0.1) is 0 Å². The van der Waals surface area contributed by atoms with Gasteiger partial charge in [0.15, 0.2) is 0 Å². The number of nitrogens with zero attached hydrogens (tertiary/aromatic N) is 1. The zero-order chi connectivity index (χ0) is 12.1. The highest BCUT2D eigenvalue weighted by Gasteiger charge is 2.18. The predicted octanol–water partition coefficient (Wildman–Crippen LogP) is 4.33. The van der Waals surface area contributed by atoms with E-state index in [1.54, 1.807) is 0 Å². The van der Waals surface area contributed by atoms with Crippen molar-refractivity contribution >= 4 is 5.87 Å². The summed E-state index contributed by atoms with van der Waals surface area (Å²) in [5.41, 5.74) is 1.55. The number of rotatable bonds is 5. The summed E-state index contributed by atoms with van der Waals surface area (Å²) >= 11 is 0. The fourth-order valence-electron chi connectivity index (χ4n) is 1.68. The van der Waals surface area contributed by atoms with E-state index in [2.05, 4.69) is 59.3 Å². The Morgan fingerprint density at radius 3 is 2.13 bits per heavy atom. The monoisotopic (exact) mass is 209 g/mol. The highest BCUT2D eigenvalue weighted by Crippen LogP contribution is 2.25. The lowest BCUT2D eigenvalue weighted by Gasteiger charge is -2.23. The zero-order valence-electron chi connectivity index (χ0n) is 11.5. The van der Waals surface area contributed by atoms with Gasteiger partial charge in [-0.1, -0.05) is 41.5 Å². The molecule has 0 aromatic heterocycles. The van der Waals surface area contributed by atoms with Crippen molar-refractivity contribution in [2.24, 2.45) is 22.2 Å². The molecular weight excluding hydrogens is 182 g/mol. The largest absolute Gasteiger partial charge is 0.243 e. The van der Waals surface area contributed by atoms with E-state index in [9.17, 15) is 0 Å². The van der Waals surface area contributed by atoms with Crippen molar-refractivity contribution in [2.45, 2.75) is 54.9 Å². The predicted molar refractivity (Wildman–Crippen MR) is 69.6 cm³/mol. The molecule has 1 heteroatoms. The van der Waals surface area contributed by atoms with Crippen LogP contribution in [0.15, 0.2) is 10.6 Å². The second-order valence-electron chi connectivity index (χ2n) is 6.03. The van der Waals surface area contributed by atoms with Gasteiger partial charge in [0.05, 0.1) is 6.54 Å². The van der Waals surface area contributed by atoms with Crippen LogP contribution in [0.1, 0.15) is 54.9 Å². The minimum Gasteiger partial charge on any atom is -0.243 e. The van der Waals surface area contributed by atoms with Crippen LogP contribution in [0, 0.1) is 17.3 Å². The topological polar surface area (TPSA) is 12.4 Å². The summed E-state index contributed by atoms with van der Waals surface area (Å²) in [4.78, 5) is 4.43. The Balaban J connectivity index is 4.31. The maximum Gasteiger partial charge on any atom is 0.0535 e. The normalized spacial score (nSPS) is 11.8. The van der Waals surface area contributed by atoms with Crippen LogP contribution in [-0.4, -0.2) is 12.4 Å². The number of hydrogen-bond donors (Lipinski definition) is 0. The van der Waals surface area contributed by atoms with Crippen molar-refractivity contribution in [1.82, 2.24) is 0 Å². The van der Waals surface area contributed by atoms with E-state index in [1.807, 2.05) is 0 Å². The third-order valence-corrected chi connectivity index (χ3v) is 2.59. The number of allylic oxidation sites excluding steroid dienone is 1. The molecule has 0 atom stereocenters. The molecule has 0 spiro atoms. The molecule has 0 aliphatic carbocycles. The van der Waals surface area contributed by atoms with E-state index < -0.39 is 0 Å². The van der Waals surface area contributed by atoms with Crippen LogP contribution in [0.3, 0.4) is 0 Å². The minimum atomic E-state index is 0.304. The van der Waals surface area contributed by atoms with Gasteiger partial charge in [-0.05, 0) is 42.0 Å². The van der Waals surface area contributed by atoms with E-state index in [0.29, 0.717) is 11.3 Å². The molecule has 0 aliphatic rings. The molecule has 15 heavy (non-hydrogen) atoms. The smallest absolute Gasteiger partial charge is 0.0535 e. The average molecular weight is 209 g/mol. The Hall–Kier alpha value is -0.550. The molecule has 0 heterocycles. The molecule has 0 bridgehead atoms. The molecule has 88 valence electrons. The minimum absolute atomic E-state index is 0.304. The van der Waals surface area contributed by atoms with E-state index in [1.165, 1.54) is 12.0 Å². The summed E-state index contributed by atoms with van der Waals surface area (Å²) in [6, 6.07) is 0. The first kappa shape index (κ1) is 14.5. The van der Waals surface area contributed by atoms with Gasteiger partial charge >= 0.3 is 0 Å². The molecule has 0 aromatic rings. The molecule has 0 saturated carbocycles. The average Bonchev–Trinajstić information content (AvgIpc) is 2.00. The van der Waals surface area contributed by atoms with Crippen molar-refractivity contribution in [3.05, 3.63) is 5.57 Å². The Labute approximate surface area is 95.7 Å². The zero-order valence-corrected chi connectivity index (χ0v) is 11.5. The van der Waals surface area contributed by atoms with Crippen LogP contribution in [0.5, 0.6) is 0 Å². The first-order chi connectivity index (χ1) is 6.74.